The van der Waals surface area contributed by atoms with Gasteiger partial charge in [0.25, 0.3) is 5.91 Å². The van der Waals surface area contributed by atoms with Crippen molar-refractivity contribution in [3.05, 3.63) is 71.3 Å². The summed E-state index contributed by atoms with van der Waals surface area (Å²) in [5.74, 6) is 0.198. The molecular formula is C22H26N2O3. The second-order valence-corrected chi connectivity index (χ2v) is 6.82. The van der Waals surface area contributed by atoms with Gasteiger partial charge in [-0.1, -0.05) is 42.5 Å². The Bertz CT molecular complexity index is 759. The highest BCUT2D eigenvalue weighted by atomic mass is 16.5. The number of ether oxygens (including phenoxy) is 1. The van der Waals surface area contributed by atoms with Crippen molar-refractivity contribution >= 4 is 11.8 Å². The normalized spacial score (nSPS) is 13.8. The van der Waals surface area contributed by atoms with Crippen LogP contribution in [0.25, 0.3) is 0 Å². The number of carbonyl (C=O) groups excluding carboxylic acids is 2. The number of methoxy groups -OCH3 is 1. The molecule has 1 aliphatic rings. The van der Waals surface area contributed by atoms with E-state index in [1.165, 1.54) is 0 Å². The summed E-state index contributed by atoms with van der Waals surface area (Å²) in [4.78, 5) is 28.4. The highest BCUT2D eigenvalue weighted by Gasteiger charge is 2.20. The molecule has 5 heteroatoms. The first kappa shape index (κ1) is 19.1. The van der Waals surface area contributed by atoms with Crippen LogP contribution in [0.1, 0.15) is 34.3 Å². The molecule has 3 rings (SSSR count). The van der Waals surface area contributed by atoms with Gasteiger partial charge in [0.1, 0.15) is 0 Å². The van der Waals surface area contributed by atoms with E-state index in [1.54, 1.807) is 12.0 Å². The van der Waals surface area contributed by atoms with Crippen LogP contribution in [-0.4, -0.2) is 48.4 Å². The van der Waals surface area contributed by atoms with Crippen LogP contribution < -0.4 is 0 Å². The predicted octanol–water partition coefficient (Wildman–Crippen LogP) is 3.10. The molecule has 0 saturated carbocycles. The largest absolute Gasteiger partial charge is 0.383 e. The van der Waals surface area contributed by atoms with Crippen LogP contribution in [0.5, 0.6) is 0 Å². The minimum absolute atomic E-state index is 0.0142. The number of benzene rings is 2. The minimum atomic E-state index is -0.0142. The molecule has 0 N–H and O–H groups in total. The number of rotatable bonds is 8. The molecule has 1 fully saturated rings. The summed E-state index contributed by atoms with van der Waals surface area (Å²) < 4.78 is 5.17. The summed E-state index contributed by atoms with van der Waals surface area (Å²) in [5.41, 5.74) is 2.79. The number of amides is 2. The molecule has 5 nitrogen and oxygen atoms in total. The average Bonchev–Trinajstić information content (AvgIpc) is 3.10. The topological polar surface area (TPSA) is 49.9 Å². The lowest BCUT2D eigenvalue weighted by Gasteiger charge is -2.23. The Morgan fingerprint density at radius 3 is 2.44 bits per heavy atom. The lowest BCUT2D eigenvalue weighted by atomic mass is 10.1. The zero-order valence-corrected chi connectivity index (χ0v) is 15.8. The van der Waals surface area contributed by atoms with Crippen molar-refractivity contribution < 1.29 is 14.3 Å². The highest BCUT2D eigenvalue weighted by Crippen LogP contribution is 2.16. The molecule has 0 spiro atoms. The Hall–Kier alpha value is -2.66. The monoisotopic (exact) mass is 366 g/mol. The fourth-order valence-corrected chi connectivity index (χ4v) is 3.28. The molecule has 2 aromatic rings. The molecule has 0 atom stereocenters. The summed E-state index contributed by atoms with van der Waals surface area (Å²) in [7, 11) is 1.64. The third-order valence-electron chi connectivity index (χ3n) is 4.81. The van der Waals surface area contributed by atoms with Gasteiger partial charge in [-0.05, 0) is 29.7 Å². The maximum absolute atomic E-state index is 13.0. The van der Waals surface area contributed by atoms with E-state index in [0.29, 0.717) is 38.2 Å². The van der Waals surface area contributed by atoms with Gasteiger partial charge in [0.2, 0.25) is 5.91 Å². The fourth-order valence-electron chi connectivity index (χ4n) is 3.28. The first-order chi connectivity index (χ1) is 13.2. The molecule has 0 aliphatic carbocycles. The standard InChI is InChI=1S/C22H26N2O3/c1-27-15-14-24(17-18-6-3-2-4-7-18)22(26)20-11-9-19(10-12-20)16-23-13-5-8-21(23)25/h2-4,6-7,9-12H,5,8,13-17H2,1H3. The molecule has 2 aromatic carbocycles. The summed E-state index contributed by atoms with van der Waals surface area (Å²) >= 11 is 0. The molecule has 0 aromatic heterocycles. The molecule has 0 radical (unpaired) electrons. The van der Waals surface area contributed by atoms with Crippen molar-refractivity contribution in [3.63, 3.8) is 0 Å². The van der Waals surface area contributed by atoms with E-state index in [-0.39, 0.29) is 11.8 Å². The van der Waals surface area contributed by atoms with Gasteiger partial charge in [-0.3, -0.25) is 9.59 Å². The lowest BCUT2D eigenvalue weighted by Crippen LogP contribution is -2.33. The van der Waals surface area contributed by atoms with Crippen LogP contribution in [-0.2, 0) is 22.6 Å². The van der Waals surface area contributed by atoms with E-state index in [1.807, 2.05) is 59.5 Å². The first-order valence-corrected chi connectivity index (χ1v) is 9.36. The smallest absolute Gasteiger partial charge is 0.254 e. The average molecular weight is 366 g/mol. The predicted molar refractivity (Wildman–Crippen MR) is 104 cm³/mol. The van der Waals surface area contributed by atoms with Gasteiger partial charge >= 0.3 is 0 Å². The third kappa shape index (κ3) is 5.17. The van der Waals surface area contributed by atoms with Crippen LogP contribution in [0.15, 0.2) is 54.6 Å². The van der Waals surface area contributed by atoms with Crippen LogP contribution >= 0.6 is 0 Å². The van der Waals surface area contributed by atoms with E-state index < -0.39 is 0 Å². The van der Waals surface area contributed by atoms with E-state index in [2.05, 4.69) is 0 Å². The van der Waals surface area contributed by atoms with Gasteiger partial charge in [0, 0.05) is 45.3 Å². The molecule has 1 aliphatic heterocycles. The number of hydrogen-bond donors (Lipinski definition) is 0. The molecule has 1 heterocycles. The summed E-state index contributed by atoms with van der Waals surface area (Å²) in [6.45, 7) is 3.02. The van der Waals surface area contributed by atoms with Gasteiger partial charge in [0.15, 0.2) is 0 Å². The van der Waals surface area contributed by atoms with Gasteiger partial charge < -0.3 is 14.5 Å². The third-order valence-corrected chi connectivity index (χ3v) is 4.81. The van der Waals surface area contributed by atoms with Crippen molar-refractivity contribution in [2.75, 3.05) is 26.8 Å². The maximum Gasteiger partial charge on any atom is 0.254 e. The number of nitrogens with zero attached hydrogens (tertiary/aromatic N) is 2. The summed E-state index contributed by atoms with van der Waals surface area (Å²) in [6, 6.07) is 17.5. The zero-order valence-electron chi connectivity index (χ0n) is 15.8. The van der Waals surface area contributed by atoms with Crippen molar-refractivity contribution in [1.29, 1.82) is 0 Å². The molecule has 2 amide bonds. The quantitative estimate of drug-likeness (QED) is 0.721. The van der Waals surface area contributed by atoms with E-state index >= 15 is 0 Å². The summed E-state index contributed by atoms with van der Waals surface area (Å²) in [5, 5.41) is 0. The van der Waals surface area contributed by atoms with Crippen molar-refractivity contribution in [3.8, 4) is 0 Å². The Labute approximate surface area is 160 Å². The Kier molecular flexibility index (Phi) is 6.60. The lowest BCUT2D eigenvalue weighted by molar-refractivity contribution is -0.128. The molecule has 27 heavy (non-hydrogen) atoms. The van der Waals surface area contributed by atoms with Gasteiger partial charge in [-0.15, -0.1) is 0 Å². The van der Waals surface area contributed by atoms with Gasteiger partial charge in [-0.2, -0.15) is 0 Å². The van der Waals surface area contributed by atoms with Crippen LogP contribution in [0, 0.1) is 0 Å². The fraction of sp³-hybridized carbons (Fsp3) is 0.364. The number of carbonyl (C=O) groups is 2. The van der Waals surface area contributed by atoms with Crippen molar-refractivity contribution in [1.82, 2.24) is 9.80 Å². The molecule has 0 bridgehead atoms. The molecule has 0 unspecified atom stereocenters. The van der Waals surface area contributed by atoms with Crippen LogP contribution in [0.4, 0.5) is 0 Å². The molecular weight excluding hydrogens is 340 g/mol. The zero-order chi connectivity index (χ0) is 19.1. The second kappa shape index (κ2) is 9.33. The minimum Gasteiger partial charge on any atom is -0.383 e. The van der Waals surface area contributed by atoms with Gasteiger partial charge in [0.05, 0.1) is 6.61 Å². The Morgan fingerprint density at radius 1 is 1.07 bits per heavy atom. The molecule has 1 saturated heterocycles. The van der Waals surface area contributed by atoms with E-state index in [4.69, 9.17) is 4.74 Å². The Morgan fingerprint density at radius 2 is 1.81 bits per heavy atom. The van der Waals surface area contributed by atoms with Crippen LogP contribution in [0.3, 0.4) is 0 Å². The SMILES string of the molecule is COCCN(Cc1ccccc1)C(=O)c1ccc(CN2CCCC2=O)cc1. The number of likely N-dealkylation sites (tertiary alicyclic amines) is 1. The van der Waals surface area contributed by atoms with Crippen LogP contribution in [0.2, 0.25) is 0 Å². The van der Waals surface area contributed by atoms with Crippen molar-refractivity contribution in [2.45, 2.75) is 25.9 Å². The number of hydrogen-bond acceptors (Lipinski definition) is 3. The Balaban J connectivity index is 1.68. The molecule has 142 valence electrons. The highest BCUT2D eigenvalue weighted by molar-refractivity contribution is 5.94. The first-order valence-electron chi connectivity index (χ1n) is 9.36. The summed E-state index contributed by atoms with van der Waals surface area (Å²) in [6.07, 6.45) is 1.58. The van der Waals surface area contributed by atoms with E-state index in [9.17, 15) is 9.59 Å². The van der Waals surface area contributed by atoms with Crippen molar-refractivity contribution in [2.24, 2.45) is 0 Å². The second-order valence-electron chi connectivity index (χ2n) is 6.82. The van der Waals surface area contributed by atoms with E-state index in [0.717, 1.165) is 24.1 Å². The van der Waals surface area contributed by atoms with Gasteiger partial charge in [-0.25, -0.2) is 0 Å². The maximum atomic E-state index is 13.0.